The van der Waals surface area contributed by atoms with Crippen LogP contribution in [0.3, 0.4) is 0 Å². The van der Waals surface area contributed by atoms with Crippen LogP contribution in [0, 0.1) is 0 Å². The Hall–Kier alpha value is -1.54. The van der Waals surface area contributed by atoms with Crippen LogP contribution in [0.4, 0.5) is 0 Å². The van der Waals surface area contributed by atoms with Gasteiger partial charge < -0.3 is 9.84 Å². The van der Waals surface area contributed by atoms with Gasteiger partial charge in [0, 0.05) is 5.56 Å². The summed E-state index contributed by atoms with van der Waals surface area (Å²) in [5, 5.41) is 12.6. The molecule has 2 nitrogen and oxygen atoms in total. The first kappa shape index (κ1) is 12.9. The van der Waals surface area contributed by atoms with Gasteiger partial charge in [-0.3, -0.25) is 0 Å². The van der Waals surface area contributed by atoms with Crippen LogP contribution < -0.4 is 4.74 Å². The average Bonchev–Trinajstić information content (AvgIpc) is 2.43. The van der Waals surface area contributed by atoms with E-state index in [0.717, 1.165) is 41.3 Å². The Morgan fingerprint density at radius 1 is 1.17 bits per heavy atom. The molecule has 0 aromatic heterocycles. The summed E-state index contributed by atoms with van der Waals surface area (Å²) >= 11 is 0. The second kappa shape index (κ2) is 5.87. The number of hydrogen-bond acceptors (Lipinski definition) is 2. The number of aliphatic hydroxyl groups is 1. The molecule has 0 radical (unpaired) electrons. The van der Waals surface area contributed by atoms with Gasteiger partial charge >= 0.3 is 0 Å². The Morgan fingerprint density at radius 2 is 1.94 bits per heavy atom. The largest absolute Gasteiger partial charge is 0.496 e. The summed E-state index contributed by atoms with van der Waals surface area (Å²) in [5.41, 5.74) is 0.920. The van der Waals surface area contributed by atoms with Gasteiger partial charge in [0.2, 0.25) is 0 Å². The lowest BCUT2D eigenvalue weighted by atomic mass is 9.96. The monoisotopic (exact) mass is 244 g/mol. The van der Waals surface area contributed by atoms with E-state index in [1.165, 1.54) is 0 Å². The third kappa shape index (κ3) is 2.49. The van der Waals surface area contributed by atoms with E-state index in [1.54, 1.807) is 7.11 Å². The van der Waals surface area contributed by atoms with Gasteiger partial charge in [0.05, 0.1) is 13.2 Å². The second-order valence-corrected chi connectivity index (χ2v) is 4.56. The third-order valence-electron chi connectivity index (χ3n) is 3.31. The number of rotatable bonds is 5. The van der Waals surface area contributed by atoms with Gasteiger partial charge in [-0.1, -0.05) is 50.1 Å². The summed E-state index contributed by atoms with van der Waals surface area (Å²) in [6, 6.07) is 12.1. The van der Waals surface area contributed by atoms with Crippen molar-refractivity contribution in [2.75, 3.05) is 7.11 Å². The summed E-state index contributed by atoms with van der Waals surface area (Å²) in [5.74, 6) is 0.775. The van der Waals surface area contributed by atoms with Crippen LogP contribution in [0.15, 0.2) is 36.4 Å². The molecule has 2 aromatic carbocycles. The van der Waals surface area contributed by atoms with Crippen LogP contribution in [0.25, 0.3) is 10.8 Å². The van der Waals surface area contributed by atoms with Crippen molar-refractivity contribution in [3.05, 3.63) is 42.0 Å². The molecule has 1 atom stereocenters. The fourth-order valence-corrected chi connectivity index (χ4v) is 2.34. The number of benzene rings is 2. The fraction of sp³-hybridized carbons (Fsp3) is 0.375. The first-order chi connectivity index (χ1) is 8.77. The molecule has 18 heavy (non-hydrogen) atoms. The average molecular weight is 244 g/mol. The summed E-state index contributed by atoms with van der Waals surface area (Å²) in [7, 11) is 1.65. The number of ether oxygens (including phenoxy) is 1. The van der Waals surface area contributed by atoms with Crippen LogP contribution in [-0.2, 0) is 0 Å². The molecule has 2 heteroatoms. The molecule has 2 rings (SSSR count). The summed E-state index contributed by atoms with van der Waals surface area (Å²) in [6.07, 6.45) is 2.43. The van der Waals surface area contributed by atoms with Crippen molar-refractivity contribution < 1.29 is 9.84 Å². The highest BCUT2D eigenvalue weighted by atomic mass is 16.5. The lowest BCUT2D eigenvalue weighted by Gasteiger charge is -2.17. The van der Waals surface area contributed by atoms with E-state index in [4.69, 9.17) is 4.74 Å². The zero-order valence-corrected chi connectivity index (χ0v) is 11.0. The zero-order valence-electron chi connectivity index (χ0n) is 11.0. The fourth-order valence-electron chi connectivity index (χ4n) is 2.34. The molecule has 2 aromatic rings. The lowest BCUT2D eigenvalue weighted by Crippen LogP contribution is -2.01. The van der Waals surface area contributed by atoms with Gasteiger partial charge in [0.1, 0.15) is 5.75 Å². The Balaban J connectivity index is 2.50. The quantitative estimate of drug-likeness (QED) is 0.859. The van der Waals surface area contributed by atoms with Gasteiger partial charge in [0.25, 0.3) is 0 Å². The van der Waals surface area contributed by atoms with E-state index in [-0.39, 0.29) is 0 Å². The highest BCUT2D eigenvalue weighted by Crippen LogP contribution is 2.35. The molecule has 0 spiro atoms. The van der Waals surface area contributed by atoms with E-state index in [9.17, 15) is 5.11 Å². The smallest absolute Gasteiger partial charge is 0.125 e. The Kier molecular flexibility index (Phi) is 4.21. The maximum absolute atomic E-state index is 10.4. The normalized spacial score (nSPS) is 12.6. The molecule has 1 N–H and O–H groups in total. The number of unbranched alkanes of at least 4 members (excludes halogenated alkanes) is 1. The van der Waals surface area contributed by atoms with E-state index in [2.05, 4.69) is 13.0 Å². The van der Waals surface area contributed by atoms with Gasteiger partial charge in [-0.25, -0.2) is 0 Å². The number of fused-ring (bicyclic) bond motifs is 1. The van der Waals surface area contributed by atoms with E-state index >= 15 is 0 Å². The van der Waals surface area contributed by atoms with E-state index in [1.807, 2.05) is 30.3 Å². The zero-order chi connectivity index (χ0) is 13.0. The van der Waals surface area contributed by atoms with Crippen LogP contribution in [-0.4, -0.2) is 12.2 Å². The summed E-state index contributed by atoms with van der Waals surface area (Å²) in [6.45, 7) is 2.13. The minimum atomic E-state index is -0.453. The molecule has 96 valence electrons. The van der Waals surface area contributed by atoms with Crippen LogP contribution >= 0.6 is 0 Å². The molecule has 0 saturated heterocycles. The Bertz CT molecular complexity index is 519. The van der Waals surface area contributed by atoms with Crippen molar-refractivity contribution in [1.29, 1.82) is 0 Å². The summed E-state index contributed by atoms with van der Waals surface area (Å²) in [4.78, 5) is 0. The standard InChI is InChI=1S/C16H20O2/c1-3-4-9-14(17)16-13-8-6-5-7-12(13)10-11-15(16)18-2/h5-8,10-11,14,17H,3-4,9H2,1-2H3. The molecular weight excluding hydrogens is 224 g/mol. The van der Waals surface area contributed by atoms with Gasteiger partial charge in [0.15, 0.2) is 0 Å². The predicted octanol–water partition coefficient (Wildman–Crippen LogP) is 4.07. The van der Waals surface area contributed by atoms with Gasteiger partial charge in [-0.15, -0.1) is 0 Å². The Morgan fingerprint density at radius 3 is 2.67 bits per heavy atom. The Labute approximate surface area is 108 Å². The van der Waals surface area contributed by atoms with Crippen LogP contribution in [0.1, 0.15) is 37.9 Å². The van der Waals surface area contributed by atoms with Crippen LogP contribution in [0.2, 0.25) is 0 Å². The topological polar surface area (TPSA) is 29.5 Å². The van der Waals surface area contributed by atoms with Crippen molar-refractivity contribution in [1.82, 2.24) is 0 Å². The van der Waals surface area contributed by atoms with Gasteiger partial charge in [-0.05, 0) is 23.3 Å². The number of hydrogen-bond donors (Lipinski definition) is 1. The summed E-state index contributed by atoms with van der Waals surface area (Å²) < 4.78 is 5.39. The maximum atomic E-state index is 10.4. The van der Waals surface area contributed by atoms with Crippen molar-refractivity contribution in [3.63, 3.8) is 0 Å². The highest BCUT2D eigenvalue weighted by Gasteiger charge is 2.16. The number of aliphatic hydroxyl groups excluding tert-OH is 1. The molecule has 0 fully saturated rings. The minimum Gasteiger partial charge on any atom is -0.496 e. The first-order valence-corrected chi connectivity index (χ1v) is 6.51. The minimum absolute atomic E-state index is 0.453. The lowest BCUT2D eigenvalue weighted by molar-refractivity contribution is 0.162. The predicted molar refractivity (Wildman–Crippen MR) is 75.0 cm³/mol. The molecule has 0 bridgehead atoms. The molecule has 0 aliphatic carbocycles. The highest BCUT2D eigenvalue weighted by molar-refractivity contribution is 5.88. The van der Waals surface area contributed by atoms with Crippen molar-refractivity contribution in [2.24, 2.45) is 0 Å². The van der Waals surface area contributed by atoms with Crippen molar-refractivity contribution in [3.8, 4) is 5.75 Å². The molecule has 0 aliphatic rings. The molecule has 0 amide bonds. The van der Waals surface area contributed by atoms with Gasteiger partial charge in [-0.2, -0.15) is 0 Å². The number of methoxy groups -OCH3 is 1. The first-order valence-electron chi connectivity index (χ1n) is 6.51. The van der Waals surface area contributed by atoms with Crippen molar-refractivity contribution >= 4 is 10.8 Å². The SMILES string of the molecule is CCCCC(O)c1c(OC)ccc2ccccc12. The molecule has 1 unspecified atom stereocenters. The molecule has 0 saturated carbocycles. The maximum Gasteiger partial charge on any atom is 0.125 e. The molecule has 0 aliphatic heterocycles. The van der Waals surface area contributed by atoms with E-state index < -0.39 is 6.10 Å². The van der Waals surface area contributed by atoms with E-state index in [0.29, 0.717) is 0 Å². The third-order valence-corrected chi connectivity index (χ3v) is 3.31. The molecule has 0 heterocycles. The van der Waals surface area contributed by atoms with Crippen LogP contribution in [0.5, 0.6) is 5.75 Å². The second-order valence-electron chi connectivity index (χ2n) is 4.56. The van der Waals surface area contributed by atoms with Crippen molar-refractivity contribution in [2.45, 2.75) is 32.3 Å². The molecular formula is C16H20O2.